The first-order chi connectivity index (χ1) is 9.29. The van der Waals surface area contributed by atoms with Gasteiger partial charge in [-0.1, -0.05) is 0 Å². The topological polar surface area (TPSA) is 77.0 Å². The molecule has 0 aliphatic carbocycles. The molecule has 6 nitrogen and oxygen atoms in total. The molecular formula is C13H22Cl2N6. The molecular weight excluding hydrogens is 311 g/mol. The van der Waals surface area contributed by atoms with Gasteiger partial charge in [0.05, 0.1) is 11.9 Å². The molecule has 8 heteroatoms. The van der Waals surface area contributed by atoms with Gasteiger partial charge in [0.2, 0.25) is 0 Å². The van der Waals surface area contributed by atoms with E-state index in [1.165, 1.54) is 5.69 Å². The molecule has 4 N–H and O–H groups in total. The molecule has 2 aromatic heterocycles. The Labute approximate surface area is 136 Å². The number of nitrogens with zero attached hydrogens (tertiary/aromatic N) is 3. The largest absolute Gasteiger partial charge is 0.369 e. The fourth-order valence-electron chi connectivity index (χ4n) is 2.51. The lowest BCUT2D eigenvalue weighted by atomic mass is 10.2. The maximum absolute atomic E-state index is 5.58. The third-order valence-corrected chi connectivity index (χ3v) is 3.56. The van der Waals surface area contributed by atoms with Crippen molar-refractivity contribution < 1.29 is 0 Å². The maximum atomic E-state index is 5.58. The predicted molar refractivity (Wildman–Crippen MR) is 88.8 cm³/mol. The van der Waals surface area contributed by atoms with Gasteiger partial charge in [0.25, 0.3) is 0 Å². The number of rotatable bonds is 4. The molecule has 0 amide bonds. The molecule has 1 aliphatic rings. The molecule has 0 aromatic carbocycles. The summed E-state index contributed by atoms with van der Waals surface area (Å²) in [7, 11) is 0. The molecule has 0 radical (unpaired) electrons. The first kappa shape index (κ1) is 17.8. The van der Waals surface area contributed by atoms with E-state index >= 15 is 0 Å². The van der Waals surface area contributed by atoms with Crippen molar-refractivity contribution >= 4 is 30.8 Å². The van der Waals surface area contributed by atoms with Crippen molar-refractivity contribution in [1.82, 2.24) is 24.8 Å². The molecule has 1 aliphatic heterocycles. The number of hydrogen-bond donors (Lipinski definition) is 3. The summed E-state index contributed by atoms with van der Waals surface area (Å²) in [5, 5.41) is 0. The van der Waals surface area contributed by atoms with Crippen LogP contribution >= 0.6 is 24.8 Å². The number of piperazine rings is 1. The second-order valence-corrected chi connectivity index (χ2v) is 5.04. The van der Waals surface area contributed by atoms with Crippen LogP contribution in [0.2, 0.25) is 0 Å². The van der Waals surface area contributed by atoms with E-state index in [4.69, 9.17) is 5.73 Å². The SMILES string of the molecule is Cl.Cl.Nc1ncc(CN2CCN(Cc3ccc[nH]3)CC2)[nH]1. The Morgan fingerprint density at radius 2 is 1.67 bits per heavy atom. The van der Waals surface area contributed by atoms with E-state index in [1.54, 1.807) is 0 Å². The normalized spacial score (nSPS) is 16.2. The Hall–Kier alpha value is -1.21. The molecule has 0 unspecified atom stereocenters. The molecule has 0 saturated carbocycles. The highest BCUT2D eigenvalue weighted by Crippen LogP contribution is 2.10. The number of aromatic nitrogens is 3. The number of nitrogens with one attached hydrogen (secondary N) is 2. The highest BCUT2D eigenvalue weighted by atomic mass is 35.5. The maximum Gasteiger partial charge on any atom is 0.197 e. The van der Waals surface area contributed by atoms with Crippen molar-refractivity contribution in [1.29, 1.82) is 0 Å². The molecule has 2 aromatic rings. The number of imidazole rings is 1. The van der Waals surface area contributed by atoms with Gasteiger partial charge >= 0.3 is 0 Å². The van der Waals surface area contributed by atoms with Crippen LogP contribution in [0.5, 0.6) is 0 Å². The van der Waals surface area contributed by atoms with Crippen LogP contribution in [0.3, 0.4) is 0 Å². The van der Waals surface area contributed by atoms with E-state index in [1.807, 2.05) is 18.5 Å². The van der Waals surface area contributed by atoms with Crippen molar-refractivity contribution in [2.45, 2.75) is 13.1 Å². The van der Waals surface area contributed by atoms with E-state index in [2.05, 4.69) is 30.8 Å². The molecule has 118 valence electrons. The number of aromatic amines is 2. The zero-order valence-electron chi connectivity index (χ0n) is 11.8. The van der Waals surface area contributed by atoms with Crippen LogP contribution in [-0.4, -0.2) is 50.9 Å². The van der Waals surface area contributed by atoms with Crippen LogP contribution < -0.4 is 5.73 Å². The van der Waals surface area contributed by atoms with Gasteiger partial charge in [0.1, 0.15) is 0 Å². The average Bonchev–Trinajstić information content (AvgIpc) is 3.04. The van der Waals surface area contributed by atoms with Crippen molar-refractivity contribution in [3.63, 3.8) is 0 Å². The molecule has 3 rings (SSSR count). The lowest BCUT2D eigenvalue weighted by molar-refractivity contribution is 0.120. The van der Waals surface area contributed by atoms with E-state index in [9.17, 15) is 0 Å². The number of H-pyrrole nitrogens is 2. The summed E-state index contributed by atoms with van der Waals surface area (Å²) in [5.41, 5.74) is 7.96. The zero-order valence-corrected chi connectivity index (χ0v) is 13.4. The predicted octanol–water partition coefficient (Wildman–Crippen LogP) is 1.48. The number of hydrogen-bond acceptors (Lipinski definition) is 4. The van der Waals surface area contributed by atoms with Crippen molar-refractivity contribution in [3.8, 4) is 0 Å². The summed E-state index contributed by atoms with van der Waals surface area (Å²) < 4.78 is 0. The van der Waals surface area contributed by atoms with Gasteiger partial charge in [-0.25, -0.2) is 4.98 Å². The summed E-state index contributed by atoms with van der Waals surface area (Å²) in [6.07, 6.45) is 3.80. The Bertz CT molecular complexity index is 504. The first-order valence-corrected chi connectivity index (χ1v) is 6.66. The lowest BCUT2D eigenvalue weighted by Gasteiger charge is -2.34. The first-order valence-electron chi connectivity index (χ1n) is 6.66. The molecule has 0 bridgehead atoms. The van der Waals surface area contributed by atoms with Crippen LogP contribution in [0.15, 0.2) is 24.5 Å². The third kappa shape index (κ3) is 4.93. The summed E-state index contributed by atoms with van der Waals surface area (Å²) in [4.78, 5) is 15.3. The van der Waals surface area contributed by atoms with Crippen LogP contribution in [0.25, 0.3) is 0 Å². The fraction of sp³-hybridized carbons (Fsp3) is 0.462. The van der Waals surface area contributed by atoms with Gasteiger partial charge in [0.15, 0.2) is 5.95 Å². The second-order valence-electron chi connectivity index (χ2n) is 5.04. The second kappa shape index (κ2) is 8.29. The van der Waals surface area contributed by atoms with E-state index in [0.29, 0.717) is 5.95 Å². The van der Waals surface area contributed by atoms with Gasteiger partial charge in [-0.3, -0.25) is 9.80 Å². The summed E-state index contributed by atoms with van der Waals surface area (Å²) in [5.74, 6) is 0.500. The summed E-state index contributed by atoms with van der Waals surface area (Å²) in [6.45, 7) is 6.28. The van der Waals surface area contributed by atoms with E-state index < -0.39 is 0 Å². The molecule has 1 saturated heterocycles. The summed E-state index contributed by atoms with van der Waals surface area (Å²) >= 11 is 0. The number of halogens is 2. The van der Waals surface area contributed by atoms with Crippen molar-refractivity contribution in [2.24, 2.45) is 0 Å². The fourth-order valence-corrected chi connectivity index (χ4v) is 2.51. The van der Waals surface area contributed by atoms with Gasteiger partial charge in [-0.2, -0.15) is 0 Å². The zero-order chi connectivity index (χ0) is 13.1. The van der Waals surface area contributed by atoms with Crippen molar-refractivity contribution in [3.05, 3.63) is 35.9 Å². The molecule has 0 atom stereocenters. The van der Waals surface area contributed by atoms with Crippen LogP contribution in [0.1, 0.15) is 11.4 Å². The monoisotopic (exact) mass is 332 g/mol. The van der Waals surface area contributed by atoms with Crippen molar-refractivity contribution in [2.75, 3.05) is 31.9 Å². The van der Waals surface area contributed by atoms with Crippen LogP contribution in [-0.2, 0) is 13.1 Å². The Morgan fingerprint density at radius 1 is 1.05 bits per heavy atom. The van der Waals surface area contributed by atoms with E-state index in [0.717, 1.165) is 45.0 Å². The Kier molecular flexibility index (Phi) is 7.04. The quantitative estimate of drug-likeness (QED) is 0.792. The molecule has 0 spiro atoms. The molecule has 1 fully saturated rings. The van der Waals surface area contributed by atoms with Gasteiger partial charge in [-0.05, 0) is 12.1 Å². The minimum atomic E-state index is 0. The highest BCUT2D eigenvalue weighted by Gasteiger charge is 2.17. The average molecular weight is 333 g/mol. The highest BCUT2D eigenvalue weighted by molar-refractivity contribution is 5.85. The van der Waals surface area contributed by atoms with Crippen LogP contribution in [0.4, 0.5) is 5.95 Å². The number of nitrogen functional groups attached to an aromatic ring is 1. The minimum Gasteiger partial charge on any atom is -0.369 e. The summed E-state index contributed by atoms with van der Waals surface area (Å²) in [6, 6.07) is 4.19. The lowest BCUT2D eigenvalue weighted by Crippen LogP contribution is -2.45. The van der Waals surface area contributed by atoms with Gasteiger partial charge in [-0.15, -0.1) is 24.8 Å². The van der Waals surface area contributed by atoms with Gasteiger partial charge < -0.3 is 15.7 Å². The third-order valence-electron chi connectivity index (χ3n) is 3.56. The van der Waals surface area contributed by atoms with E-state index in [-0.39, 0.29) is 24.8 Å². The minimum absolute atomic E-state index is 0. The smallest absolute Gasteiger partial charge is 0.197 e. The Balaban J connectivity index is 0.00000110. The number of nitrogens with two attached hydrogens (primary N) is 1. The molecule has 3 heterocycles. The number of anilines is 1. The van der Waals surface area contributed by atoms with Crippen LogP contribution in [0, 0.1) is 0 Å². The van der Waals surface area contributed by atoms with Gasteiger partial charge in [0, 0.05) is 51.2 Å². The standard InChI is InChI=1S/C13H20N6.2ClH/c14-13-16-8-12(17-13)10-19-6-4-18(5-7-19)9-11-2-1-3-15-11;;/h1-3,8,15H,4-7,9-10H2,(H3,14,16,17);2*1H. The molecule has 21 heavy (non-hydrogen) atoms. The Morgan fingerprint density at radius 3 is 2.14 bits per heavy atom.